The van der Waals surface area contributed by atoms with Crippen molar-refractivity contribution >= 4 is 34.5 Å². The van der Waals surface area contributed by atoms with Crippen LogP contribution >= 0.6 is 23.8 Å². The monoisotopic (exact) mass is 322 g/mol. The summed E-state index contributed by atoms with van der Waals surface area (Å²) in [7, 11) is 0. The van der Waals surface area contributed by atoms with E-state index in [0.29, 0.717) is 10.4 Å². The molecule has 3 rings (SSSR count). The number of benzene rings is 1. The molecule has 1 aliphatic carbocycles. The molecule has 1 aliphatic heterocycles. The van der Waals surface area contributed by atoms with Crippen LogP contribution in [0.15, 0.2) is 18.2 Å². The van der Waals surface area contributed by atoms with E-state index in [2.05, 4.69) is 4.90 Å². The third-order valence-electron chi connectivity index (χ3n) is 5.30. The minimum atomic E-state index is 0.458. The van der Waals surface area contributed by atoms with Crippen molar-refractivity contribution in [3.63, 3.8) is 0 Å². The Labute approximate surface area is 137 Å². The van der Waals surface area contributed by atoms with E-state index in [1.807, 2.05) is 18.2 Å². The summed E-state index contributed by atoms with van der Waals surface area (Å²) in [6.45, 7) is 2.19. The summed E-state index contributed by atoms with van der Waals surface area (Å²) >= 11 is 11.4. The summed E-state index contributed by atoms with van der Waals surface area (Å²) in [5, 5.41) is 0.753. The number of halogens is 1. The number of piperidine rings is 1. The standard InChI is InChI=1S/C17H23ClN2S/c18-13-4-5-14(16(19)21)15(12-13)20-10-8-17(9-11-20)6-2-1-3-7-17/h4-5,12H,1-3,6-11H2,(H2,19,21). The van der Waals surface area contributed by atoms with Gasteiger partial charge in [0.2, 0.25) is 0 Å². The summed E-state index contributed by atoms with van der Waals surface area (Å²) in [5.41, 5.74) is 8.54. The number of nitrogens with two attached hydrogens (primary N) is 1. The van der Waals surface area contributed by atoms with Crippen molar-refractivity contribution in [1.82, 2.24) is 0 Å². The zero-order valence-corrected chi connectivity index (χ0v) is 14.0. The first-order chi connectivity index (χ1) is 10.1. The van der Waals surface area contributed by atoms with Crippen LogP contribution in [0.5, 0.6) is 0 Å². The summed E-state index contributed by atoms with van der Waals surface area (Å²) in [4.78, 5) is 2.87. The van der Waals surface area contributed by atoms with Gasteiger partial charge in [0.15, 0.2) is 0 Å². The third kappa shape index (κ3) is 3.19. The van der Waals surface area contributed by atoms with Crippen molar-refractivity contribution in [2.45, 2.75) is 44.9 Å². The number of rotatable bonds is 2. The maximum Gasteiger partial charge on any atom is 0.106 e. The van der Waals surface area contributed by atoms with E-state index >= 15 is 0 Å². The van der Waals surface area contributed by atoms with Gasteiger partial charge in [-0.25, -0.2) is 0 Å². The molecule has 1 aromatic rings. The summed E-state index contributed by atoms with van der Waals surface area (Å²) in [6, 6.07) is 5.83. The van der Waals surface area contributed by atoms with Crippen molar-refractivity contribution < 1.29 is 0 Å². The summed E-state index contributed by atoms with van der Waals surface area (Å²) < 4.78 is 0. The van der Waals surface area contributed by atoms with Gasteiger partial charge < -0.3 is 10.6 Å². The topological polar surface area (TPSA) is 29.3 Å². The van der Waals surface area contributed by atoms with E-state index in [4.69, 9.17) is 29.6 Å². The SMILES string of the molecule is NC(=S)c1ccc(Cl)cc1N1CCC2(CCCCC2)CC1. The van der Waals surface area contributed by atoms with Gasteiger partial charge >= 0.3 is 0 Å². The molecular formula is C17H23ClN2S. The Morgan fingerprint density at radius 2 is 1.76 bits per heavy atom. The van der Waals surface area contributed by atoms with Gasteiger partial charge in [0.05, 0.1) is 0 Å². The summed E-state index contributed by atoms with van der Waals surface area (Å²) in [5.74, 6) is 0. The molecule has 1 saturated carbocycles. The molecule has 2 fully saturated rings. The molecule has 0 atom stereocenters. The lowest BCUT2D eigenvalue weighted by Gasteiger charge is -2.45. The van der Waals surface area contributed by atoms with Gasteiger partial charge in [-0.05, 0) is 49.3 Å². The lowest BCUT2D eigenvalue weighted by molar-refractivity contribution is 0.144. The Morgan fingerprint density at radius 3 is 2.38 bits per heavy atom. The predicted molar refractivity (Wildman–Crippen MR) is 94.3 cm³/mol. The van der Waals surface area contributed by atoms with Gasteiger partial charge in [-0.3, -0.25) is 0 Å². The minimum Gasteiger partial charge on any atom is -0.389 e. The zero-order valence-electron chi connectivity index (χ0n) is 12.4. The number of hydrogen-bond donors (Lipinski definition) is 1. The maximum atomic E-state index is 6.17. The molecule has 2 N–H and O–H groups in total. The average molecular weight is 323 g/mol. The highest BCUT2D eigenvalue weighted by atomic mass is 35.5. The second-order valence-electron chi connectivity index (χ2n) is 6.57. The first-order valence-corrected chi connectivity index (χ1v) is 8.73. The zero-order chi connectivity index (χ0) is 14.9. The Hall–Kier alpha value is -0.800. The Balaban J connectivity index is 1.77. The van der Waals surface area contributed by atoms with Gasteiger partial charge in [-0.15, -0.1) is 0 Å². The lowest BCUT2D eigenvalue weighted by Crippen LogP contribution is -2.41. The quantitative estimate of drug-likeness (QED) is 0.811. The van der Waals surface area contributed by atoms with Crippen LogP contribution in [0.4, 0.5) is 5.69 Å². The molecule has 4 heteroatoms. The molecule has 0 unspecified atom stereocenters. The van der Waals surface area contributed by atoms with Gasteiger partial charge in [-0.2, -0.15) is 0 Å². The van der Waals surface area contributed by atoms with Gasteiger partial charge in [0.25, 0.3) is 0 Å². The van der Waals surface area contributed by atoms with E-state index in [-0.39, 0.29) is 0 Å². The summed E-state index contributed by atoms with van der Waals surface area (Å²) in [6.07, 6.45) is 9.65. The smallest absolute Gasteiger partial charge is 0.106 e. The second-order valence-corrected chi connectivity index (χ2v) is 7.45. The molecule has 0 bridgehead atoms. The Kier molecular flexibility index (Phi) is 4.41. The van der Waals surface area contributed by atoms with Crippen LogP contribution in [-0.4, -0.2) is 18.1 Å². The van der Waals surface area contributed by atoms with Gasteiger partial charge in [0, 0.05) is 29.4 Å². The molecule has 1 spiro atoms. The molecule has 21 heavy (non-hydrogen) atoms. The van der Waals surface area contributed by atoms with Gasteiger partial charge in [-0.1, -0.05) is 43.1 Å². The normalized spacial score (nSPS) is 21.5. The van der Waals surface area contributed by atoms with Crippen LogP contribution in [0.2, 0.25) is 5.02 Å². The van der Waals surface area contributed by atoms with Crippen molar-refractivity contribution in [1.29, 1.82) is 0 Å². The first-order valence-electron chi connectivity index (χ1n) is 7.94. The highest BCUT2D eigenvalue weighted by molar-refractivity contribution is 7.80. The van der Waals surface area contributed by atoms with E-state index in [1.54, 1.807) is 0 Å². The van der Waals surface area contributed by atoms with Crippen molar-refractivity contribution in [2.24, 2.45) is 11.1 Å². The number of hydrogen-bond acceptors (Lipinski definition) is 2. The van der Waals surface area contributed by atoms with Crippen LogP contribution < -0.4 is 10.6 Å². The van der Waals surface area contributed by atoms with E-state index in [1.165, 1.54) is 44.9 Å². The predicted octanol–water partition coefficient (Wildman–Crippen LogP) is 4.52. The fourth-order valence-electron chi connectivity index (χ4n) is 4.00. The number of thiocarbonyl (C=S) groups is 1. The highest BCUT2D eigenvalue weighted by Crippen LogP contribution is 2.45. The third-order valence-corrected chi connectivity index (χ3v) is 5.76. The van der Waals surface area contributed by atoms with E-state index in [0.717, 1.165) is 29.4 Å². The van der Waals surface area contributed by atoms with Gasteiger partial charge in [0.1, 0.15) is 4.99 Å². The van der Waals surface area contributed by atoms with Crippen LogP contribution in [-0.2, 0) is 0 Å². The number of anilines is 1. The number of nitrogens with zero attached hydrogens (tertiary/aromatic N) is 1. The molecule has 1 aromatic carbocycles. The van der Waals surface area contributed by atoms with E-state index < -0.39 is 0 Å². The van der Waals surface area contributed by atoms with Crippen molar-refractivity contribution in [2.75, 3.05) is 18.0 Å². The molecule has 114 valence electrons. The van der Waals surface area contributed by atoms with Crippen molar-refractivity contribution in [3.8, 4) is 0 Å². The second kappa shape index (κ2) is 6.13. The largest absolute Gasteiger partial charge is 0.389 e. The fourth-order valence-corrected chi connectivity index (χ4v) is 4.34. The van der Waals surface area contributed by atoms with Crippen LogP contribution in [0.3, 0.4) is 0 Å². The molecule has 2 aliphatic rings. The van der Waals surface area contributed by atoms with Crippen molar-refractivity contribution in [3.05, 3.63) is 28.8 Å². The molecule has 0 aromatic heterocycles. The molecule has 0 amide bonds. The molecule has 1 saturated heterocycles. The van der Waals surface area contributed by atoms with E-state index in [9.17, 15) is 0 Å². The Morgan fingerprint density at radius 1 is 1.10 bits per heavy atom. The maximum absolute atomic E-state index is 6.17. The molecular weight excluding hydrogens is 300 g/mol. The highest BCUT2D eigenvalue weighted by Gasteiger charge is 2.35. The first kappa shape index (κ1) is 15.1. The molecule has 0 radical (unpaired) electrons. The van der Waals surface area contributed by atoms with Crippen LogP contribution in [0.25, 0.3) is 0 Å². The van der Waals surface area contributed by atoms with Crippen LogP contribution in [0, 0.1) is 5.41 Å². The Bertz CT molecular complexity index is 528. The minimum absolute atomic E-state index is 0.458. The molecule has 2 nitrogen and oxygen atoms in total. The van der Waals surface area contributed by atoms with Crippen LogP contribution in [0.1, 0.15) is 50.5 Å². The average Bonchev–Trinajstić information content (AvgIpc) is 2.48. The molecule has 1 heterocycles. The lowest BCUT2D eigenvalue weighted by atomic mass is 9.68. The fraction of sp³-hybridized carbons (Fsp3) is 0.588.